The average Bonchev–Trinajstić information content (AvgIpc) is 2.49. The van der Waals surface area contributed by atoms with Crippen molar-refractivity contribution in [2.24, 2.45) is 0 Å². The molecule has 2 aromatic rings. The summed E-state index contributed by atoms with van der Waals surface area (Å²) in [6.07, 6.45) is 0.355. The predicted octanol–water partition coefficient (Wildman–Crippen LogP) is 3.42. The minimum absolute atomic E-state index is 0.0818. The number of anilines is 1. The third-order valence-electron chi connectivity index (χ3n) is 2.70. The molecular weight excluding hydrogens is 288 g/mol. The minimum atomic E-state index is -0.252. The van der Waals surface area contributed by atoms with E-state index in [0.29, 0.717) is 22.9 Å². The summed E-state index contributed by atoms with van der Waals surface area (Å²) in [6.45, 7) is -0.0818. The van der Waals surface area contributed by atoms with Gasteiger partial charge in [0.25, 0.3) is 5.91 Å². The Morgan fingerprint density at radius 2 is 1.81 bits per heavy atom. The van der Waals surface area contributed by atoms with E-state index in [9.17, 15) is 4.79 Å². The van der Waals surface area contributed by atoms with E-state index in [-0.39, 0.29) is 12.5 Å². The van der Waals surface area contributed by atoms with Gasteiger partial charge in [-0.15, -0.1) is 0 Å². The van der Waals surface area contributed by atoms with Crippen molar-refractivity contribution in [1.29, 1.82) is 5.26 Å². The van der Waals surface area contributed by atoms with Crippen LogP contribution in [-0.2, 0) is 11.2 Å². The van der Waals surface area contributed by atoms with Crippen molar-refractivity contribution in [3.05, 3.63) is 59.1 Å². The zero-order chi connectivity index (χ0) is 15.1. The minimum Gasteiger partial charge on any atom is -0.484 e. The lowest BCUT2D eigenvalue weighted by Gasteiger charge is -2.08. The van der Waals surface area contributed by atoms with Crippen LogP contribution in [-0.4, -0.2) is 12.5 Å². The van der Waals surface area contributed by atoms with E-state index >= 15 is 0 Å². The Balaban J connectivity index is 1.84. The van der Waals surface area contributed by atoms with Gasteiger partial charge in [0.05, 0.1) is 12.5 Å². The topological polar surface area (TPSA) is 62.1 Å². The second-order valence-corrected chi connectivity index (χ2v) is 4.76. The number of ether oxygens (including phenoxy) is 1. The lowest BCUT2D eigenvalue weighted by molar-refractivity contribution is -0.118. The van der Waals surface area contributed by atoms with Crippen LogP contribution in [0.15, 0.2) is 48.5 Å². The van der Waals surface area contributed by atoms with E-state index in [1.807, 2.05) is 0 Å². The van der Waals surface area contributed by atoms with Gasteiger partial charge >= 0.3 is 0 Å². The summed E-state index contributed by atoms with van der Waals surface area (Å²) < 4.78 is 5.34. The van der Waals surface area contributed by atoms with Crippen molar-refractivity contribution in [1.82, 2.24) is 0 Å². The lowest BCUT2D eigenvalue weighted by Crippen LogP contribution is -2.20. The van der Waals surface area contributed by atoms with Crippen molar-refractivity contribution in [3.63, 3.8) is 0 Å². The normalized spacial score (nSPS) is 9.71. The second kappa shape index (κ2) is 7.32. The molecule has 0 spiro atoms. The fraction of sp³-hybridized carbons (Fsp3) is 0.125. The maximum absolute atomic E-state index is 11.7. The van der Waals surface area contributed by atoms with Crippen LogP contribution >= 0.6 is 11.6 Å². The highest BCUT2D eigenvalue weighted by atomic mass is 35.5. The van der Waals surface area contributed by atoms with Gasteiger partial charge in [-0.3, -0.25) is 4.79 Å². The Hall–Kier alpha value is -2.51. The number of hydrogen-bond acceptors (Lipinski definition) is 3. The molecule has 1 amide bonds. The van der Waals surface area contributed by atoms with Crippen LogP contribution in [0.4, 0.5) is 5.69 Å². The molecule has 0 bridgehead atoms. The fourth-order valence-electron chi connectivity index (χ4n) is 1.67. The van der Waals surface area contributed by atoms with Crippen LogP contribution < -0.4 is 10.1 Å². The summed E-state index contributed by atoms with van der Waals surface area (Å²) >= 11 is 5.76. The molecule has 0 fully saturated rings. The number of halogens is 1. The van der Waals surface area contributed by atoms with Crippen molar-refractivity contribution < 1.29 is 9.53 Å². The molecule has 0 radical (unpaired) electrons. The van der Waals surface area contributed by atoms with E-state index in [1.54, 1.807) is 48.5 Å². The predicted molar refractivity (Wildman–Crippen MR) is 81.3 cm³/mol. The Kier molecular flexibility index (Phi) is 5.19. The number of nitriles is 1. The van der Waals surface area contributed by atoms with Gasteiger partial charge in [0, 0.05) is 10.7 Å². The van der Waals surface area contributed by atoms with Crippen molar-refractivity contribution in [2.75, 3.05) is 11.9 Å². The van der Waals surface area contributed by atoms with Gasteiger partial charge in [0.15, 0.2) is 6.61 Å². The number of hydrogen-bond donors (Lipinski definition) is 1. The molecule has 0 aliphatic rings. The molecule has 0 atom stereocenters. The number of carbonyl (C=O) groups excluding carboxylic acids is 1. The lowest BCUT2D eigenvalue weighted by atomic mass is 10.1. The molecule has 0 aliphatic carbocycles. The number of nitrogens with one attached hydrogen (secondary N) is 1. The number of benzene rings is 2. The summed E-state index contributed by atoms with van der Waals surface area (Å²) in [7, 11) is 0. The van der Waals surface area contributed by atoms with Gasteiger partial charge in [-0.2, -0.15) is 5.26 Å². The third kappa shape index (κ3) is 4.83. The highest BCUT2D eigenvalue weighted by molar-refractivity contribution is 6.30. The molecule has 0 saturated carbocycles. The summed E-state index contributed by atoms with van der Waals surface area (Å²) in [6, 6.07) is 16.0. The van der Waals surface area contributed by atoms with E-state index in [4.69, 9.17) is 21.6 Å². The van der Waals surface area contributed by atoms with Gasteiger partial charge in [0.1, 0.15) is 5.75 Å². The molecular formula is C16H13ClN2O2. The van der Waals surface area contributed by atoms with Crippen LogP contribution in [0.5, 0.6) is 5.75 Å². The van der Waals surface area contributed by atoms with E-state index in [2.05, 4.69) is 11.4 Å². The average molecular weight is 301 g/mol. The van der Waals surface area contributed by atoms with Gasteiger partial charge < -0.3 is 10.1 Å². The molecule has 2 rings (SSSR count). The van der Waals surface area contributed by atoms with Crippen LogP contribution in [0.3, 0.4) is 0 Å². The first-order valence-corrected chi connectivity index (χ1v) is 6.69. The van der Waals surface area contributed by atoms with E-state index < -0.39 is 0 Å². The van der Waals surface area contributed by atoms with Crippen LogP contribution in [0.2, 0.25) is 5.02 Å². The number of rotatable bonds is 5. The zero-order valence-corrected chi connectivity index (χ0v) is 11.9. The molecule has 1 N–H and O–H groups in total. The number of carbonyl (C=O) groups is 1. The van der Waals surface area contributed by atoms with Crippen LogP contribution in [0.25, 0.3) is 0 Å². The summed E-state index contributed by atoms with van der Waals surface area (Å²) in [5, 5.41) is 11.9. The van der Waals surface area contributed by atoms with Crippen LogP contribution in [0.1, 0.15) is 5.56 Å². The molecule has 0 heterocycles. The first-order valence-electron chi connectivity index (χ1n) is 6.31. The molecule has 0 aromatic heterocycles. The molecule has 4 nitrogen and oxygen atoms in total. The van der Waals surface area contributed by atoms with Gasteiger partial charge in [-0.05, 0) is 42.0 Å². The summed E-state index contributed by atoms with van der Waals surface area (Å²) in [5.41, 5.74) is 1.58. The van der Waals surface area contributed by atoms with Crippen molar-refractivity contribution >= 4 is 23.2 Å². The highest BCUT2D eigenvalue weighted by Gasteiger charge is 2.04. The van der Waals surface area contributed by atoms with Crippen molar-refractivity contribution in [3.8, 4) is 11.8 Å². The molecule has 0 unspecified atom stereocenters. The molecule has 5 heteroatoms. The molecule has 2 aromatic carbocycles. The highest BCUT2D eigenvalue weighted by Crippen LogP contribution is 2.15. The van der Waals surface area contributed by atoms with Gasteiger partial charge in [-0.25, -0.2) is 0 Å². The third-order valence-corrected chi connectivity index (χ3v) is 2.96. The Bertz CT molecular complexity index is 645. The summed E-state index contributed by atoms with van der Waals surface area (Å²) in [4.78, 5) is 11.7. The summed E-state index contributed by atoms with van der Waals surface area (Å²) in [5.74, 6) is 0.330. The molecule has 0 saturated heterocycles. The second-order valence-electron chi connectivity index (χ2n) is 4.32. The monoisotopic (exact) mass is 300 g/mol. The Morgan fingerprint density at radius 3 is 2.43 bits per heavy atom. The number of nitrogens with zero attached hydrogens (tertiary/aromatic N) is 1. The standard InChI is InChI=1S/C16H13ClN2O2/c17-13-3-7-15(8-4-13)21-11-16(20)19-14-5-1-12(2-6-14)9-10-18/h1-8H,9,11H2,(H,19,20). The van der Waals surface area contributed by atoms with E-state index in [1.165, 1.54) is 0 Å². The Labute approximate surface area is 127 Å². The molecule has 106 valence electrons. The first kappa shape index (κ1) is 14.9. The van der Waals surface area contributed by atoms with Gasteiger partial charge in [0.2, 0.25) is 0 Å². The first-order chi connectivity index (χ1) is 10.2. The fourth-order valence-corrected chi connectivity index (χ4v) is 1.80. The van der Waals surface area contributed by atoms with Gasteiger partial charge in [-0.1, -0.05) is 23.7 Å². The van der Waals surface area contributed by atoms with Crippen molar-refractivity contribution in [2.45, 2.75) is 6.42 Å². The van der Waals surface area contributed by atoms with E-state index in [0.717, 1.165) is 5.56 Å². The SMILES string of the molecule is N#CCc1ccc(NC(=O)COc2ccc(Cl)cc2)cc1. The molecule has 0 aliphatic heterocycles. The quantitative estimate of drug-likeness (QED) is 0.920. The largest absolute Gasteiger partial charge is 0.484 e. The smallest absolute Gasteiger partial charge is 0.262 e. The maximum Gasteiger partial charge on any atom is 0.262 e. The Morgan fingerprint density at radius 1 is 1.14 bits per heavy atom. The van der Waals surface area contributed by atoms with Crippen LogP contribution in [0, 0.1) is 11.3 Å². The molecule has 21 heavy (non-hydrogen) atoms. The zero-order valence-electron chi connectivity index (χ0n) is 11.2. The maximum atomic E-state index is 11.7. The number of amides is 1.